The van der Waals surface area contributed by atoms with Gasteiger partial charge in [0.25, 0.3) is 0 Å². The Morgan fingerprint density at radius 1 is 1.31 bits per heavy atom. The van der Waals surface area contributed by atoms with E-state index in [1.54, 1.807) is 0 Å². The summed E-state index contributed by atoms with van der Waals surface area (Å²) in [5.74, 6) is 0.730. The van der Waals surface area contributed by atoms with Crippen molar-refractivity contribution in [1.82, 2.24) is 0 Å². The minimum atomic E-state index is 0.730. The molecule has 1 aromatic rings. The van der Waals surface area contributed by atoms with Crippen molar-refractivity contribution in [2.24, 2.45) is 5.92 Å². The molecule has 1 unspecified atom stereocenters. The van der Waals surface area contributed by atoms with E-state index in [4.69, 9.17) is 0 Å². The average molecular weight is 220 g/mol. The summed E-state index contributed by atoms with van der Waals surface area (Å²) in [7, 11) is 4.14. The van der Waals surface area contributed by atoms with Crippen molar-refractivity contribution in [2.45, 2.75) is 27.2 Å². The van der Waals surface area contributed by atoms with Crippen molar-refractivity contribution in [3.8, 4) is 0 Å². The number of nitrogens with zero attached hydrogens (tertiary/aromatic N) is 1. The quantitative estimate of drug-likeness (QED) is 0.816. The van der Waals surface area contributed by atoms with Gasteiger partial charge in [-0.15, -0.1) is 0 Å². The zero-order valence-corrected chi connectivity index (χ0v) is 11.2. The van der Waals surface area contributed by atoms with E-state index in [0.717, 1.165) is 12.5 Å². The first-order chi connectivity index (χ1) is 7.54. The fourth-order valence-electron chi connectivity index (χ4n) is 1.55. The number of anilines is 2. The van der Waals surface area contributed by atoms with Crippen LogP contribution in [-0.2, 0) is 0 Å². The molecule has 2 heteroatoms. The van der Waals surface area contributed by atoms with Crippen LogP contribution in [0.2, 0.25) is 0 Å². The van der Waals surface area contributed by atoms with E-state index in [1.165, 1.54) is 23.4 Å². The second-order valence-corrected chi connectivity index (χ2v) is 4.79. The Bertz CT molecular complexity index is 332. The summed E-state index contributed by atoms with van der Waals surface area (Å²) in [6.45, 7) is 7.72. The summed E-state index contributed by atoms with van der Waals surface area (Å²) in [6, 6.07) is 6.55. The third kappa shape index (κ3) is 3.44. The van der Waals surface area contributed by atoms with Gasteiger partial charge in [-0.25, -0.2) is 0 Å². The maximum absolute atomic E-state index is 3.51. The van der Waals surface area contributed by atoms with Crippen molar-refractivity contribution in [3.05, 3.63) is 23.8 Å². The van der Waals surface area contributed by atoms with E-state index in [2.05, 4.69) is 63.3 Å². The molecule has 90 valence electrons. The third-order valence-electron chi connectivity index (χ3n) is 3.06. The monoisotopic (exact) mass is 220 g/mol. The van der Waals surface area contributed by atoms with Crippen molar-refractivity contribution in [1.29, 1.82) is 0 Å². The molecule has 2 nitrogen and oxygen atoms in total. The summed E-state index contributed by atoms with van der Waals surface area (Å²) < 4.78 is 0. The normalized spacial score (nSPS) is 12.3. The lowest BCUT2D eigenvalue weighted by atomic mass is 10.1. The predicted octanol–water partition coefficient (Wildman–Crippen LogP) is 3.52. The van der Waals surface area contributed by atoms with Gasteiger partial charge in [-0.2, -0.15) is 0 Å². The molecule has 0 aliphatic heterocycles. The van der Waals surface area contributed by atoms with Crippen molar-refractivity contribution in [3.63, 3.8) is 0 Å². The SMILES string of the molecule is CCC(C)CNc1ccc(N(C)C)cc1C. The van der Waals surface area contributed by atoms with Crippen LogP contribution < -0.4 is 10.2 Å². The van der Waals surface area contributed by atoms with E-state index >= 15 is 0 Å². The number of rotatable bonds is 5. The van der Waals surface area contributed by atoms with Crippen molar-refractivity contribution in [2.75, 3.05) is 30.9 Å². The Hall–Kier alpha value is -1.18. The van der Waals surface area contributed by atoms with Crippen LogP contribution in [0.25, 0.3) is 0 Å². The van der Waals surface area contributed by atoms with Gasteiger partial charge >= 0.3 is 0 Å². The summed E-state index contributed by atoms with van der Waals surface area (Å²) >= 11 is 0. The van der Waals surface area contributed by atoms with Gasteiger partial charge in [0.1, 0.15) is 0 Å². The number of aryl methyl sites for hydroxylation is 1. The fraction of sp³-hybridized carbons (Fsp3) is 0.571. The molecule has 0 saturated carbocycles. The average Bonchev–Trinajstić information content (AvgIpc) is 2.26. The van der Waals surface area contributed by atoms with Crippen LogP contribution >= 0.6 is 0 Å². The maximum Gasteiger partial charge on any atom is 0.0371 e. The Labute approximate surface area is 99.7 Å². The molecule has 0 radical (unpaired) electrons. The lowest BCUT2D eigenvalue weighted by molar-refractivity contribution is 0.593. The number of nitrogens with one attached hydrogen (secondary N) is 1. The molecule has 16 heavy (non-hydrogen) atoms. The summed E-state index contributed by atoms with van der Waals surface area (Å²) in [6.07, 6.45) is 1.22. The molecule has 0 saturated heterocycles. The molecular weight excluding hydrogens is 196 g/mol. The predicted molar refractivity (Wildman–Crippen MR) is 73.5 cm³/mol. The molecular formula is C14H24N2. The number of hydrogen-bond donors (Lipinski definition) is 1. The molecule has 0 amide bonds. The minimum Gasteiger partial charge on any atom is -0.385 e. The van der Waals surface area contributed by atoms with Crippen LogP contribution in [0.3, 0.4) is 0 Å². The topological polar surface area (TPSA) is 15.3 Å². The first kappa shape index (κ1) is 12.9. The molecule has 0 aliphatic rings. The second-order valence-electron chi connectivity index (χ2n) is 4.79. The van der Waals surface area contributed by atoms with Crippen LogP contribution in [0.15, 0.2) is 18.2 Å². The molecule has 0 spiro atoms. The van der Waals surface area contributed by atoms with Crippen LogP contribution in [-0.4, -0.2) is 20.6 Å². The molecule has 0 aromatic heterocycles. The summed E-state index contributed by atoms with van der Waals surface area (Å²) in [4.78, 5) is 2.13. The molecule has 0 heterocycles. The molecule has 1 aromatic carbocycles. The first-order valence-electron chi connectivity index (χ1n) is 6.06. The zero-order valence-electron chi connectivity index (χ0n) is 11.2. The van der Waals surface area contributed by atoms with Crippen LogP contribution in [0.5, 0.6) is 0 Å². The van der Waals surface area contributed by atoms with Gasteiger partial charge in [0, 0.05) is 32.0 Å². The molecule has 1 N–H and O–H groups in total. The second kappa shape index (κ2) is 5.78. The fourth-order valence-corrected chi connectivity index (χ4v) is 1.55. The summed E-state index contributed by atoms with van der Waals surface area (Å²) in [5, 5.41) is 3.51. The van der Waals surface area contributed by atoms with Crippen LogP contribution in [0.1, 0.15) is 25.8 Å². The van der Waals surface area contributed by atoms with Gasteiger partial charge in [-0.05, 0) is 36.6 Å². The van der Waals surface area contributed by atoms with E-state index in [1.807, 2.05) is 0 Å². The van der Waals surface area contributed by atoms with Crippen LogP contribution in [0, 0.1) is 12.8 Å². The van der Waals surface area contributed by atoms with Crippen LogP contribution in [0.4, 0.5) is 11.4 Å². The van der Waals surface area contributed by atoms with E-state index in [9.17, 15) is 0 Å². The Morgan fingerprint density at radius 3 is 2.50 bits per heavy atom. The van der Waals surface area contributed by atoms with Gasteiger partial charge in [-0.1, -0.05) is 20.3 Å². The standard InChI is InChI=1S/C14H24N2/c1-6-11(2)10-15-14-8-7-13(16(4)5)9-12(14)3/h7-9,11,15H,6,10H2,1-5H3. The largest absolute Gasteiger partial charge is 0.385 e. The molecule has 0 bridgehead atoms. The zero-order chi connectivity index (χ0) is 12.1. The first-order valence-corrected chi connectivity index (χ1v) is 6.06. The number of benzene rings is 1. The highest BCUT2D eigenvalue weighted by Crippen LogP contribution is 2.21. The van der Waals surface area contributed by atoms with Crippen molar-refractivity contribution >= 4 is 11.4 Å². The lowest BCUT2D eigenvalue weighted by Crippen LogP contribution is -2.12. The molecule has 0 aliphatic carbocycles. The number of hydrogen-bond acceptors (Lipinski definition) is 2. The smallest absolute Gasteiger partial charge is 0.0371 e. The minimum absolute atomic E-state index is 0.730. The Balaban J connectivity index is 2.68. The van der Waals surface area contributed by atoms with Gasteiger partial charge in [-0.3, -0.25) is 0 Å². The highest BCUT2D eigenvalue weighted by Gasteiger charge is 2.03. The molecule has 0 fully saturated rings. The third-order valence-corrected chi connectivity index (χ3v) is 3.06. The lowest BCUT2D eigenvalue weighted by Gasteiger charge is -2.17. The van der Waals surface area contributed by atoms with Gasteiger partial charge < -0.3 is 10.2 Å². The Morgan fingerprint density at radius 2 is 2.00 bits per heavy atom. The Kier molecular flexibility index (Phi) is 4.66. The van der Waals surface area contributed by atoms with Gasteiger partial charge in [0.05, 0.1) is 0 Å². The van der Waals surface area contributed by atoms with Crippen molar-refractivity contribution < 1.29 is 0 Å². The van der Waals surface area contributed by atoms with E-state index in [0.29, 0.717) is 0 Å². The molecule has 1 rings (SSSR count). The van der Waals surface area contributed by atoms with Gasteiger partial charge in [0.15, 0.2) is 0 Å². The van der Waals surface area contributed by atoms with Gasteiger partial charge in [0.2, 0.25) is 0 Å². The van der Waals surface area contributed by atoms with E-state index in [-0.39, 0.29) is 0 Å². The molecule has 1 atom stereocenters. The van der Waals surface area contributed by atoms with E-state index < -0.39 is 0 Å². The highest BCUT2D eigenvalue weighted by molar-refractivity contribution is 5.59. The highest BCUT2D eigenvalue weighted by atomic mass is 15.1. The summed E-state index contributed by atoms with van der Waals surface area (Å²) in [5.41, 5.74) is 3.83. The maximum atomic E-state index is 3.51.